The number of hydrogen-bond acceptors (Lipinski definition) is 3. The zero-order chi connectivity index (χ0) is 10.6. The van der Waals surface area contributed by atoms with Crippen LogP contribution in [0.5, 0.6) is 5.75 Å². The largest absolute Gasteiger partial charge is 0.496 e. The van der Waals surface area contributed by atoms with E-state index >= 15 is 0 Å². The van der Waals surface area contributed by atoms with Gasteiger partial charge in [-0.2, -0.15) is 5.26 Å². The van der Waals surface area contributed by atoms with Gasteiger partial charge in [-0.15, -0.1) is 12.4 Å². The molecule has 0 heterocycles. The van der Waals surface area contributed by atoms with Crippen molar-refractivity contribution in [2.24, 2.45) is 5.73 Å². The minimum absolute atomic E-state index is 0. The first-order valence-corrected chi connectivity index (χ1v) is 4.15. The van der Waals surface area contributed by atoms with Crippen LogP contribution in [0, 0.1) is 17.1 Å². The lowest BCUT2D eigenvalue weighted by Crippen LogP contribution is -2.10. The molecule has 82 valence electrons. The number of nitriles is 1. The van der Waals surface area contributed by atoms with E-state index in [9.17, 15) is 4.39 Å². The van der Waals surface area contributed by atoms with Crippen molar-refractivity contribution in [3.63, 3.8) is 0 Å². The van der Waals surface area contributed by atoms with Crippen molar-refractivity contribution in [2.45, 2.75) is 12.5 Å². The highest BCUT2D eigenvalue weighted by Gasteiger charge is 2.11. The lowest BCUT2D eigenvalue weighted by molar-refractivity contribution is 0.402. The van der Waals surface area contributed by atoms with Crippen molar-refractivity contribution >= 4 is 12.4 Å². The van der Waals surface area contributed by atoms with Crippen molar-refractivity contribution in [3.8, 4) is 11.8 Å². The molecule has 5 heteroatoms. The maximum Gasteiger partial charge on any atom is 0.126 e. The molecule has 0 saturated carbocycles. The van der Waals surface area contributed by atoms with Gasteiger partial charge < -0.3 is 10.5 Å². The predicted octanol–water partition coefficient (Wildman–Crippen LogP) is 2.17. The Morgan fingerprint density at radius 2 is 2.27 bits per heavy atom. The number of ether oxygens (including phenoxy) is 1. The van der Waals surface area contributed by atoms with Crippen LogP contribution in [0.1, 0.15) is 18.0 Å². The molecule has 0 aliphatic carbocycles. The van der Waals surface area contributed by atoms with Crippen molar-refractivity contribution in [3.05, 3.63) is 29.6 Å². The molecule has 0 bridgehead atoms. The number of benzene rings is 1. The van der Waals surface area contributed by atoms with Crippen LogP contribution < -0.4 is 10.5 Å². The molecule has 1 aromatic rings. The summed E-state index contributed by atoms with van der Waals surface area (Å²) in [4.78, 5) is 0. The Hall–Kier alpha value is -1.31. The van der Waals surface area contributed by atoms with Gasteiger partial charge in [-0.1, -0.05) is 6.07 Å². The Balaban J connectivity index is 0.00000196. The molecule has 0 aliphatic heterocycles. The lowest BCUT2D eigenvalue weighted by atomic mass is 10.0. The van der Waals surface area contributed by atoms with Gasteiger partial charge in [0.15, 0.2) is 0 Å². The van der Waals surface area contributed by atoms with Gasteiger partial charge in [0, 0.05) is 17.7 Å². The Morgan fingerprint density at radius 3 is 2.80 bits per heavy atom. The molecule has 0 aromatic heterocycles. The minimum atomic E-state index is -0.435. The summed E-state index contributed by atoms with van der Waals surface area (Å²) in [7, 11) is 1.44. The van der Waals surface area contributed by atoms with E-state index in [4.69, 9.17) is 15.7 Å². The van der Waals surface area contributed by atoms with E-state index < -0.39 is 6.04 Å². The Labute approximate surface area is 94.1 Å². The summed E-state index contributed by atoms with van der Waals surface area (Å²) in [6.45, 7) is 0. The fourth-order valence-corrected chi connectivity index (χ4v) is 1.20. The topological polar surface area (TPSA) is 59.0 Å². The van der Waals surface area contributed by atoms with E-state index in [2.05, 4.69) is 0 Å². The number of methoxy groups -OCH3 is 1. The average Bonchev–Trinajstić information content (AvgIpc) is 2.17. The van der Waals surface area contributed by atoms with Gasteiger partial charge in [-0.25, -0.2) is 4.39 Å². The van der Waals surface area contributed by atoms with E-state index in [0.717, 1.165) is 0 Å². The second-order valence-corrected chi connectivity index (χ2v) is 2.86. The Morgan fingerprint density at radius 1 is 1.60 bits per heavy atom. The van der Waals surface area contributed by atoms with Crippen LogP contribution in [0.3, 0.4) is 0 Å². The maximum atomic E-state index is 12.8. The third-order valence-electron chi connectivity index (χ3n) is 1.91. The van der Waals surface area contributed by atoms with Crippen LogP contribution >= 0.6 is 12.4 Å². The first kappa shape index (κ1) is 13.7. The van der Waals surface area contributed by atoms with Crippen LogP contribution in [0.15, 0.2) is 18.2 Å². The molecule has 0 fully saturated rings. The molecule has 0 spiro atoms. The highest BCUT2D eigenvalue weighted by Crippen LogP contribution is 2.25. The van der Waals surface area contributed by atoms with Gasteiger partial charge >= 0.3 is 0 Å². The zero-order valence-corrected chi connectivity index (χ0v) is 9.05. The molecule has 15 heavy (non-hydrogen) atoms. The molecule has 1 atom stereocenters. The average molecular weight is 231 g/mol. The van der Waals surface area contributed by atoms with Crippen molar-refractivity contribution in [1.29, 1.82) is 5.26 Å². The number of nitrogens with two attached hydrogens (primary N) is 1. The molecule has 0 amide bonds. The summed E-state index contributed by atoms with van der Waals surface area (Å²) < 4.78 is 17.8. The summed E-state index contributed by atoms with van der Waals surface area (Å²) >= 11 is 0. The van der Waals surface area contributed by atoms with Crippen LogP contribution in [0.4, 0.5) is 4.39 Å². The minimum Gasteiger partial charge on any atom is -0.496 e. The molecule has 0 radical (unpaired) electrons. The second-order valence-electron chi connectivity index (χ2n) is 2.86. The molecule has 0 aliphatic rings. The number of halogens is 2. The highest BCUT2D eigenvalue weighted by molar-refractivity contribution is 5.85. The van der Waals surface area contributed by atoms with E-state index in [1.807, 2.05) is 6.07 Å². The summed E-state index contributed by atoms with van der Waals surface area (Å²) in [5.74, 6) is 0.00232. The smallest absolute Gasteiger partial charge is 0.126 e. The van der Waals surface area contributed by atoms with Crippen molar-refractivity contribution < 1.29 is 9.13 Å². The molecule has 0 unspecified atom stereocenters. The number of rotatable bonds is 3. The van der Waals surface area contributed by atoms with Crippen LogP contribution in [-0.4, -0.2) is 7.11 Å². The van der Waals surface area contributed by atoms with E-state index in [-0.39, 0.29) is 24.6 Å². The Bertz CT molecular complexity index is 365. The van der Waals surface area contributed by atoms with Gasteiger partial charge in [0.1, 0.15) is 11.6 Å². The quantitative estimate of drug-likeness (QED) is 0.866. The molecular weight excluding hydrogens is 219 g/mol. The van der Waals surface area contributed by atoms with Gasteiger partial charge in [0.2, 0.25) is 0 Å². The van der Waals surface area contributed by atoms with Crippen LogP contribution in [-0.2, 0) is 0 Å². The second kappa shape index (κ2) is 6.23. The fraction of sp³-hybridized carbons (Fsp3) is 0.300. The van der Waals surface area contributed by atoms with E-state index in [1.165, 1.54) is 25.3 Å². The van der Waals surface area contributed by atoms with E-state index in [1.54, 1.807) is 0 Å². The molecule has 1 rings (SSSR count). The summed E-state index contributed by atoms with van der Waals surface area (Å²) in [5.41, 5.74) is 6.36. The van der Waals surface area contributed by atoms with Crippen molar-refractivity contribution in [1.82, 2.24) is 0 Å². The molecule has 3 nitrogen and oxygen atoms in total. The summed E-state index contributed by atoms with van der Waals surface area (Å²) in [6.07, 6.45) is 0.183. The SMILES string of the molecule is COc1cc(F)ccc1[C@@H](N)CC#N.Cl. The standard InChI is InChI=1S/C10H11FN2O.ClH/c1-14-10-6-7(11)2-3-8(10)9(13)4-5-12;/h2-3,6,9H,4,13H2,1H3;1H/t9-;/m0./s1. The lowest BCUT2D eigenvalue weighted by Gasteiger charge is -2.12. The number of hydrogen-bond donors (Lipinski definition) is 1. The molecular formula is C10H12ClFN2O. The first-order chi connectivity index (χ1) is 6.69. The monoisotopic (exact) mass is 230 g/mol. The normalized spacial score (nSPS) is 11.1. The van der Waals surface area contributed by atoms with Crippen molar-refractivity contribution in [2.75, 3.05) is 7.11 Å². The molecule has 2 N–H and O–H groups in total. The van der Waals surface area contributed by atoms with Crippen LogP contribution in [0.2, 0.25) is 0 Å². The fourth-order valence-electron chi connectivity index (χ4n) is 1.20. The Kier molecular flexibility index (Phi) is 5.68. The van der Waals surface area contributed by atoms with E-state index in [0.29, 0.717) is 11.3 Å². The third-order valence-corrected chi connectivity index (χ3v) is 1.91. The van der Waals surface area contributed by atoms with Gasteiger partial charge in [0.05, 0.1) is 19.6 Å². The maximum absolute atomic E-state index is 12.8. The predicted molar refractivity (Wildman–Crippen MR) is 57.4 cm³/mol. The summed E-state index contributed by atoms with van der Waals surface area (Å²) in [6, 6.07) is 5.62. The highest BCUT2D eigenvalue weighted by atomic mass is 35.5. The van der Waals surface area contributed by atoms with Gasteiger partial charge in [-0.05, 0) is 6.07 Å². The summed E-state index contributed by atoms with van der Waals surface area (Å²) in [5, 5.41) is 8.47. The van der Waals surface area contributed by atoms with Gasteiger partial charge in [0.25, 0.3) is 0 Å². The molecule has 1 aromatic carbocycles. The third kappa shape index (κ3) is 3.39. The number of nitrogens with zero attached hydrogens (tertiary/aromatic N) is 1. The van der Waals surface area contributed by atoms with Crippen LogP contribution in [0.25, 0.3) is 0 Å². The van der Waals surface area contributed by atoms with Gasteiger partial charge in [-0.3, -0.25) is 0 Å². The molecule has 0 saturated heterocycles. The zero-order valence-electron chi connectivity index (χ0n) is 8.24. The first-order valence-electron chi connectivity index (χ1n) is 4.15.